The third kappa shape index (κ3) is 2.80. The number of anilines is 1. The smallest absolute Gasteiger partial charge is 0.101 e. The Kier molecular flexibility index (Phi) is 4.03. The molecule has 1 unspecified atom stereocenters. The summed E-state index contributed by atoms with van der Waals surface area (Å²) in [6, 6.07) is 8.13. The maximum atomic E-state index is 9.15. The van der Waals surface area contributed by atoms with Crippen molar-refractivity contribution in [1.82, 2.24) is 0 Å². The maximum absolute atomic E-state index is 9.15. The zero-order valence-electron chi connectivity index (χ0n) is 9.82. The summed E-state index contributed by atoms with van der Waals surface area (Å²) in [6.07, 6.45) is 1.13. The zero-order chi connectivity index (χ0) is 12.3. The molecule has 17 heavy (non-hydrogen) atoms. The van der Waals surface area contributed by atoms with Crippen LogP contribution >= 0.6 is 15.9 Å². The largest absolute Gasteiger partial charge is 0.384 e. The molecule has 1 aromatic carbocycles. The Balaban J connectivity index is 2.16. The SMILES string of the molecule is COCC1CCN(c2ccc(Br)cc2C#N)C1. The van der Waals surface area contributed by atoms with E-state index in [-0.39, 0.29) is 0 Å². The standard InChI is InChI=1S/C13H15BrN2O/c1-17-9-10-4-5-16(8-10)13-3-2-12(14)6-11(13)7-15/h2-3,6,10H,4-5,8-9H2,1H3. The number of nitriles is 1. The Morgan fingerprint density at radius 1 is 1.59 bits per heavy atom. The number of methoxy groups -OCH3 is 1. The maximum Gasteiger partial charge on any atom is 0.101 e. The molecule has 90 valence electrons. The van der Waals surface area contributed by atoms with Gasteiger partial charge in [0.05, 0.1) is 17.9 Å². The van der Waals surface area contributed by atoms with Crippen LogP contribution in [0.25, 0.3) is 0 Å². The number of hydrogen-bond acceptors (Lipinski definition) is 3. The lowest BCUT2D eigenvalue weighted by atomic mass is 10.1. The van der Waals surface area contributed by atoms with Crippen molar-refractivity contribution in [3.63, 3.8) is 0 Å². The molecule has 1 heterocycles. The van der Waals surface area contributed by atoms with Crippen molar-refractivity contribution in [1.29, 1.82) is 5.26 Å². The van der Waals surface area contributed by atoms with Gasteiger partial charge in [0.15, 0.2) is 0 Å². The van der Waals surface area contributed by atoms with Gasteiger partial charge >= 0.3 is 0 Å². The van der Waals surface area contributed by atoms with Crippen LogP contribution in [-0.4, -0.2) is 26.8 Å². The van der Waals surface area contributed by atoms with E-state index >= 15 is 0 Å². The molecule has 2 rings (SSSR count). The van der Waals surface area contributed by atoms with Gasteiger partial charge in [0, 0.05) is 30.6 Å². The summed E-state index contributed by atoms with van der Waals surface area (Å²) in [5.41, 5.74) is 1.77. The van der Waals surface area contributed by atoms with Gasteiger partial charge in [-0.25, -0.2) is 0 Å². The van der Waals surface area contributed by atoms with Gasteiger partial charge in [-0.1, -0.05) is 15.9 Å². The van der Waals surface area contributed by atoms with Crippen LogP contribution in [0.4, 0.5) is 5.69 Å². The summed E-state index contributed by atoms with van der Waals surface area (Å²) >= 11 is 3.39. The molecule has 0 bridgehead atoms. The molecule has 0 aliphatic carbocycles. The molecule has 0 spiro atoms. The van der Waals surface area contributed by atoms with E-state index in [9.17, 15) is 0 Å². The molecule has 1 aliphatic rings. The van der Waals surface area contributed by atoms with Crippen LogP contribution in [0.3, 0.4) is 0 Å². The Hall–Kier alpha value is -1.05. The fourth-order valence-corrected chi connectivity index (χ4v) is 2.66. The van der Waals surface area contributed by atoms with E-state index in [1.54, 1.807) is 7.11 Å². The van der Waals surface area contributed by atoms with E-state index in [0.717, 1.165) is 41.8 Å². The molecular weight excluding hydrogens is 280 g/mol. The lowest BCUT2D eigenvalue weighted by Gasteiger charge is -2.20. The lowest BCUT2D eigenvalue weighted by molar-refractivity contribution is 0.161. The molecule has 0 amide bonds. The van der Waals surface area contributed by atoms with Gasteiger partial charge in [-0.3, -0.25) is 0 Å². The van der Waals surface area contributed by atoms with E-state index in [4.69, 9.17) is 10.00 Å². The van der Waals surface area contributed by atoms with Gasteiger partial charge in [0.25, 0.3) is 0 Å². The van der Waals surface area contributed by atoms with Crippen LogP contribution in [0, 0.1) is 17.2 Å². The van der Waals surface area contributed by atoms with Crippen molar-refractivity contribution in [2.75, 3.05) is 31.7 Å². The number of nitrogens with zero attached hydrogens (tertiary/aromatic N) is 2. The van der Waals surface area contributed by atoms with Crippen molar-refractivity contribution in [2.45, 2.75) is 6.42 Å². The van der Waals surface area contributed by atoms with Crippen LogP contribution in [0.15, 0.2) is 22.7 Å². The van der Waals surface area contributed by atoms with Gasteiger partial charge in [0.2, 0.25) is 0 Å². The van der Waals surface area contributed by atoms with Gasteiger partial charge in [0.1, 0.15) is 6.07 Å². The number of halogens is 1. The van der Waals surface area contributed by atoms with E-state index in [1.807, 2.05) is 18.2 Å². The van der Waals surface area contributed by atoms with Crippen molar-refractivity contribution < 1.29 is 4.74 Å². The Labute approximate surface area is 110 Å². The molecule has 3 nitrogen and oxygen atoms in total. The second-order valence-corrected chi connectivity index (χ2v) is 5.25. The predicted molar refractivity (Wildman–Crippen MR) is 71.1 cm³/mol. The Morgan fingerprint density at radius 2 is 2.41 bits per heavy atom. The first-order chi connectivity index (χ1) is 8.24. The van der Waals surface area contributed by atoms with Crippen molar-refractivity contribution >= 4 is 21.6 Å². The Bertz CT molecular complexity index is 442. The molecule has 0 radical (unpaired) electrons. The monoisotopic (exact) mass is 294 g/mol. The molecule has 1 aliphatic heterocycles. The molecule has 0 saturated carbocycles. The molecule has 1 aromatic rings. The highest BCUT2D eigenvalue weighted by Gasteiger charge is 2.24. The summed E-state index contributed by atoms with van der Waals surface area (Å²) in [4.78, 5) is 2.27. The first-order valence-corrected chi connectivity index (χ1v) is 6.47. The number of rotatable bonds is 3. The van der Waals surface area contributed by atoms with Gasteiger partial charge < -0.3 is 9.64 Å². The Morgan fingerprint density at radius 3 is 3.12 bits per heavy atom. The fourth-order valence-electron chi connectivity index (χ4n) is 2.30. The molecule has 4 heteroatoms. The minimum Gasteiger partial charge on any atom is -0.384 e. The number of ether oxygens (including phenoxy) is 1. The fraction of sp³-hybridized carbons (Fsp3) is 0.462. The van der Waals surface area contributed by atoms with Crippen LogP contribution in [-0.2, 0) is 4.74 Å². The zero-order valence-corrected chi connectivity index (χ0v) is 11.4. The molecule has 1 atom stereocenters. The van der Waals surface area contributed by atoms with Crippen molar-refractivity contribution in [3.8, 4) is 6.07 Å². The van der Waals surface area contributed by atoms with E-state index < -0.39 is 0 Å². The average Bonchev–Trinajstić information content (AvgIpc) is 2.78. The highest BCUT2D eigenvalue weighted by atomic mass is 79.9. The van der Waals surface area contributed by atoms with Crippen molar-refractivity contribution in [3.05, 3.63) is 28.2 Å². The number of hydrogen-bond donors (Lipinski definition) is 0. The molecular formula is C13H15BrN2O. The van der Waals surface area contributed by atoms with Crippen LogP contribution in [0.5, 0.6) is 0 Å². The molecule has 0 N–H and O–H groups in total. The summed E-state index contributed by atoms with van der Waals surface area (Å²) in [5.74, 6) is 0.579. The van der Waals surface area contributed by atoms with Gasteiger partial charge in [-0.2, -0.15) is 5.26 Å². The lowest BCUT2D eigenvalue weighted by Crippen LogP contribution is -2.21. The third-order valence-electron chi connectivity index (χ3n) is 3.11. The quantitative estimate of drug-likeness (QED) is 0.860. The molecule has 1 saturated heterocycles. The van der Waals surface area contributed by atoms with Gasteiger partial charge in [-0.05, 0) is 24.6 Å². The van der Waals surface area contributed by atoms with Crippen LogP contribution in [0.2, 0.25) is 0 Å². The van der Waals surface area contributed by atoms with E-state index in [2.05, 4.69) is 26.9 Å². The predicted octanol–water partition coefficient (Wildman–Crippen LogP) is 2.79. The van der Waals surface area contributed by atoms with Gasteiger partial charge in [-0.15, -0.1) is 0 Å². The van der Waals surface area contributed by atoms with E-state index in [0.29, 0.717) is 5.92 Å². The van der Waals surface area contributed by atoms with Crippen LogP contribution < -0.4 is 4.90 Å². The van der Waals surface area contributed by atoms with Crippen LogP contribution in [0.1, 0.15) is 12.0 Å². The summed E-state index contributed by atoms with van der Waals surface area (Å²) in [6.45, 7) is 2.78. The second kappa shape index (κ2) is 5.52. The summed E-state index contributed by atoms with van der Waals surface area (Å²) < 4.78 is 6.14. The summed E-state index contributed by atoms with van der Waals surface area (Å²) in [5, 5.41) is 9.15. The second-order valence-electron chi connectivity index (χ2n) is 4.33. The highest BCUT2D eigenvalue weighted by Crippen LogP contribution is 2.28. The minimum atomic E-state index is 0.579. The summed E-state index contributed by atoms with van der Waals surface area (Å²) in [7, 11) is 1.74. The third-order valence-corrected chi connectivity index (χ3v) is 3.60. The topological polar surface area (TPSA) is 36.3 Å². The first-order valence-electron chi connectivity index (χ1n) is 5.68. The number of benzene rings is 1. The molecule has 0 aromatic heterocycles. The normalized spacial score (nSPS) is 19.4. The molecule has 1 fully saturated rings. The highest BCUT2D eigenvalue weighted by molar-refractivity contribution is 9.10. The minimum absolute atomic E-state index is 0.579. The van der Waals surface area contributed by atoms with Crippen molar-refractivity contribution in [2.24, 2.45) is 5.92 Å². The first kappa shape index (κ1) is 12.4. The van der Waals surface area contributed by atoms with E-state index in [1.165, 1.54) is 0 Å². The average molecular weight is 295 g/mol.